The Labute approximate surface area is 183 Å². The van der Waals surface area contributed by atoms with Crippen LogP contribution in [0.4, 0.5) is 5.69 Å². The first-order valence-corrected chi connectivity index (χ1v) is 11.4. The molecule has 0 bridgehead atoms. The van der Waals surface area contributed by atoms with Crippen LogP contribution in [0.3, 0.4) is 0 Å². The number of ether oxygens (including phenoxy) is 1. The van der Waals surface area contributed by atoms with Crippen LogP contribution in [0, 0.1) is 13.8 Å². The number of hydrogen-bond acceptors (Lipinski definition) is 4. The quantitative estimate of drug-likeness (QED) is 0.555. The molecule has 0 saturated heterocycles. The van der Waals surface area contributed by atoms with E-state index in [0.29, 0.717) is 24.2 Å². The number of benzene rings is 3. The zero-order valence-corrected chi connectivity index (χ0v) is 18.6. The van der Waals surface area contributed by atoms with Gasteiger partial charge in [0.1, 0.15) is 5.75 Å². The number of nitrogens with one attached hydrogen (secondary N) is 2. The molecular weight excluding hydrogens is 412 g/mol. The Hall–Kier alpha value is -3.32. The average Bonchev–Trinajstić information content (AvgIpc) is 2.76. The van der Waals surface area contributed by atoms with E-state index in [2.05, 4.69) is 10.0 Å². The van der Waals surface area contributed by atoms with Crippen LogP contribution < -0.4 is 14.8 Å². The van der Waals surface area contributed by atoms with E-state index in [9.17, 15) is 13.2 Å². The predicted molar refractivity (Wildman–Crippen MR) is 122 cm³/mol. The summed E-state index contributed by atoms with van der Waals surface area (Å²) in [6.45, 7) is 4.36. The van der Waals surface area contributed by atoms with E-state index in [1.807, 2.05) is 44.2 Å². The van der Waals surface area contributed by atoms with Crippen LogP contribution in [0.1, 0.15) is 27.0 Å². The summed E-state index contributed by atoms with van der Waals surface area (Å²) in [4.78, 5) is 12.5. The minimum Gasteiger partial charge on any atom is -0.497 e. The van der Waals surface area contributed by atoms with E-state index in [1.165, 1.54) is 24.3 Å². The molecule has 0 heterocycles. The molecule has 0 aliphatic heterocycles. The first kappa shape index (κ1) is 22.4. The zero-order valence-electron chi connectivity index (χ0n) is 17.8. The van der Waals surface area contributed by atoms with Gasteiger partial charge in [-0.25, -0.2) is 8.42 Å². The standard InChI is InChI=1S/C24H26N2O4S/c1-17-4-9-21(16-18(17)2)26-31(28,29)23-12-7-20(8-13-23)24(27)25-15-14-19-5-10-22(30-3)11-6-19/h4-13,16,26H,14-15H2,1-3H3,(H,25,27). The zero-order chi connectivity index (χ0) is 22.4. The summed E-state index contributed by atoms with van der Waals surface area (Å²) >= 11 is 0. The van der Waals surface area contributed by atoms with Crippen LogP contribution in [0.25, 0.3) is 0 Å². The maximum Gasteiger partial charge on any atom is 0.261 e. The molecule has 31 heavy (non-hydrogen) atoms. The summed E-state index contributed by atoms with van der Waals surface area (Å²) in [5, 5.41) is 2.85. The third-order valence-electron chi connectivity index (χ3n) is 5.04. The van der Waals surface area contributed by atoms with E-state index in [0.717, 1.165) is 22.4 Å². The summed E-state index contributed by atoms with van der Waals surface area (Å²) in [5.74, 6) is 0.536. The highest BCUT2D eigenvalue weighted by atomic mass is 32.2. The second-order valence-corrected chi connectivity index (χ2v) is 8.97. The van der Waals surface area contributed by atoms with E-state index in [1.54, 1.807) is 19.2 Å². The number of hydrogen-bond donors (Lipinski definition) is 2. The fourth-order valence-corrected chi connectivity index (χ4v) is 4.07. The van der Waals surface area contributed by atoms with Gasteiger partial charge in [0, 0.05) is 17.8 Å². The second kappa shape index (κ2) is 9.66. The van der Waals surface area contributed by atoms with Gasteiger partial charge < -0.3 is 10.1 Å². The third kappa shape index (κ3) is 5.86. The summed E-state index contributed by atoms with van der Waals surface area (Å²) in [5.41, 5.74) is 4.08. The lowest BCUT2D eigenvalue weighted by atomic mass is 10.1. The molecule has 2 N–H and O–H groups in total. The topological polar surface area (TPSA) is 84.5 Å². The van der Waals surface area contributed by atoms with Gasteiger partial charge >= 0.3 is 0 Å². The summed E-state index contributed by atoms with van der Waals surface area (Å²) in [6, 6.07) is 18.9. The Bertz CT molecular complexity index is 1160. The molecule has 3 aromatic carbocycles. The van der Waals surface area contributed by atoms with Crippen molar-refractivity contribution in [3.63, 3.8) is 0 Å². The Morgan fingerprint density at radius 3 is 2.19 bits per heavy atom. The molecule has 0 aliphatic carbocycles. The highest BCUT2D eigenvalue weighted by molar-refractivity contribution is 7.92. The number of methoxy groups -OCH3 is 1. The minimum absolute atomic E-state index is 0.0977. The molecular formula is C24H26N2O4S. The summed E-state index contributed by atoms with van der Waals surface area (Å²) < 4.78 is 33.0. The fraction of sp³-hybridized carbons (Fsp3) is 0.208. The lowest BCUT2D eigenvalue weighted by Gasteiger charge is -2.11. The number of sulfonamides is 1. The Morgan fingerprint density at radius 1 is 0.903 bits per heavy atom. The first-order valence-electron chi connectivity index (χ1n) is 9.90. The SMILES string of the molecule is COc1ccc(CCNC(=O)c2ccc(S(=O)(=O)Nc3ccc(C)c(C)c3)cc2)cc1. The molecule has 0 unspecified atom stereocenters. The number of aryl methyl sites for hydroxylation is 2. The van der Waals surface area contributed by atoms with Gasteiger partial charge in [0.2, 0.25) is 0 Å². The Kier molecular flexibility index (Phi) is 6.97. The number of amides is 1. The van der Waals surface area contributed by atoms with Crippen LogP contribution in [0.5, 0.6) is 5.75 Å². The largest absolute Gasteiger partial charge is 0.497 e. The summed E-state index contributed by atoms with van der Waals surface area (Å²) in [6.07, 6.45) is 0.683. The van der Waals surface area contributed by atoms with Gasteiger partial charge in [0.15, 0.2) is 0 Å². The van der Waals surface area contributed by atoms with Gasteiger partial charge in [-0.1, -0.05) is 18.2 Å². The molecule has 3 rings (SSSR count). The smallest absolute Gasteiger partial charge is 0.261 e. The molecule has 162 valence electrons. The second-order valence-electron chi connectivity index (χ2n) is 7.28. The number of carbonyl (C=O) groups excluding carboxylic acids is 1. The van der Waals surface area contributed by atoms with E-state index < -0.39 is 10.0 Å². The molecule has 0 atom stereocenters. The van der Waals surface area contributed by atoms with Gasteiger partial charge in [-0.15, -0.1) is 0 Å². The molecule has 0 saturated carbocycles. The van der Waals surface area contributed by atoms with Gasteiger partial charge in [-0.2, -0.15) is 0 Å². The van der Waals surface area contributed by atoms with Crippen molar-refractivity contribution < 1.29 is 17.9 Å². The molecule has 0 fully saturated rings. The predicted octanol–water partition coefficient (Wildman–Crippen LogP) is 4.09. The van der Waals surface area contributed by atoms with Crippen molar-refractivity contribution in [2.45, 2.75) is 25.2 Å². The first-order chi connectivity index (χ1) is 14.8. The third-order valence-corrected chi connectivity index (χ3v) is 6.44. The molecule has 1 amide bonds. The Balaban J connectivity index is 1.58. The van der Waals surface area contributed by atoms with Crippen molar-refractivity contribution in [2.24, 2.45) is 0 Å². The highest BCUT2D eigenvalue weighted by Crippen LogP contribution is 2.19. The van der Waals surface area contributed by atoms with E-state index in [4.69, 9.17) is 4.74 Å². The maximum atomic E-state index is 12.6. The van der Waals surface area contributed by atoms with Crippen LogP contribution in [-0.2, 0) is 16.4 Å². The van der Waals surface area contributed by atoms with Crippen molar-refractivity contribution in [2.75, 3.05) is 18.4 Å². The number of carbonyl (C=O) groups is 1. The highest BCUT2D eigenvalue weighted by Gasteiger charge is 2.15. The average molecular weight is 439 g/mol. The maximum absolute atomic E-state index is 12.6. The van der Waals surface area contributed by atoms with E-state index >= 15 is 0 Å². The Morgan fingerprint density at radius 2 is 1.58 bits per heavy atom. The van der Waals surface area contributed by atoms with Crippen molar-refractivity contribution in [3.8, 4) is 5.75 Å². The van der Waals surface area contributed by atoms with Crippen molar-refractivity contribution in [1.29, 1.82) is 0 Å². The molecule has 0 spiro atoms. The molecule has 7 heteroatoms. The monoisotopic (exact) mass is 438 g/mol. The fourth-order valence-electron chi connectivity index (χ4n) is 3.02. The van der Waals surface area contributed by atoms with Crippen molar-refractivity contribution in [3.05, 3.63) is 89.0 Å². The lowest BCUT2D eigenvalue weighted by molar-refractivity contribution is 0.0954. The van der Waals surface area contributed by atoms with Gasteiger partial charge in [0.25, 0.3) is 15.9 Å². The number of anilines is 1. The van der Waals surface area contributed by atoms with Crippen LogP contribution in [0.2, 0.25) is 0 Å². The summed E-state index contributed by atoms with van der Waals surface area (Å²) in [7, 11) is -2.12. The molecule has 0 aliphatic rings. The molecule has 0 radical (unpaired) electrons. The van der Waals surface area contributed by atoms with Gasteiger partial charge in [0.05, 0.1) is 12.0 Å². The van der Waals surface area contributed by atoms with Crippen LogP contribution >= 0.6 is 0 Å². The normalized spacial score (nSPS) is 11.1. The lowest BCUT2D eigenvalue weighted by Crippen LogP contribution is -2.25. The minimum atomic E-state index is -3.74. The van der Waals surface area contributed by atoms with Crippen molar-refractivity contribution in [1.82, 2.24) is 5.32 Å². The van der Waals surface area contributed by atoms with Gasteiger partial charge in [-0.05, 0) is 85.5 Å². The molecule has 6 nitrogen and oxygen atoms in total. The molecule has 3 aromatic rings. The number of rotatable bonds is 8. The molecule has 0 aromatic heterocycles. The van der Waals surface area contributed by atoms with Crippen LogP contribution in [-0.4, -0.2) is 28.0 Å². The van der Waals surface area contributed by atoms with E-state index in [-0.39, 0.29) is 10.8 Å². The van der Waals surface area contributed by atoms with Gasteiger partial charge in [-0.3, -0.25) is 9.52 Å². The van der Waals surface area contributed by atoms with Crippen LogP contribution in [0.15, 0.2) is 71.6 Å². The van der Waals surface area contributed by atoms with Crippen molar-refractivity contribution >= 4 is 21.6 Å².